The second-order valence-corrected chi connectivity index (χ2v) is 8.97. The lowest BCUT2D eigenvalue weighted by atomic mass is 10.1. The number of benzene rings is 2. The molecule has 8 heteroatoms. The number of amides is 2. The molecule has 2 amide bonds. The Labute approximate surface area is 176 Å². The summed E-state index contributed by atoms with van der Waals surface area (Å²) in [5, 5.41) is 2.80. The summed E-state index contributed by atoms with van der Waals surface area (Å²) < 4.78 is 26.2. The minimum absolute atomic E-state index is 0.143. The van der Waals surface area contributed by atoms with Gasteiger partial charge in [0.25, 0.3) is 5.91 Å². The molecule has 0 aliphatic carbocycles. The van der Waals surface area contributed by atoms with Crippen LogP contribution in [0.4, 0.5) is 5.69 Å². The molecule has 0 radical (unpaired) electrons. The Balaban J connectivity index is 1.56. The maximum absolute atomic E-state index is 12.5. The summed E-state index contributed by atoms with van der Waals surface area (Å²) in [6, 6.07) is 13.8. The van der Waals surface area contributed by atoms with Crippen molar-refractivity contribution < 1.29 is 18.0 Å². The van der Waals surface area contributed by atoms with E-state index in [1.54, 1.807) is 36.4 Å². The molecular weight excluding hydrogens is 402 g/mol. The third kappa shape index (κ3) is 6.01. The van der Waals surface area contributed by atoms with Crippen LogP contribution in [-0.2, 0) is 27.1 Å². The molecule has 0 saturated carbocycles. The molecule has 0 aromatic heterocycles. The van der Waals surface area contributed by atoms with E-state index in [0.717, 1.165) is 18.5 Å². The van der Waals surface area contributed by atoms with Crippen molar-refractivity contribution in [2.75, 3.05) is 18.4 Å². The van der Waals surface area contributed by atoms with Crippen LogP contribution in [0.1, 0.15) is 34.3 Å². The molecule has 0 unspecified atom stereocenters. The smallest absolute Gasteiger partial charge is 0.255 e. The lowest BCUT2D eigenvalue weighted by molar-refractivity contribution is -0.128. The number of rotatable bonds is 9. The molecule has 2 N–H and O–H groups in total. The van der Waals surface area contributed by atoms with Crippen LogP contribution >= 0.6 is 0 Å². The summed E-state index contributed by atoms with van der Waals surface area (Å²) in [5.41, 5.74) is 2.68. The standard InChI is InChI=1S/C22H25N3O4S/c1-2-13-23-30(28,29)16-18-7-11-20(12-8-18)24-22(27)19-9-5-17(6-10-19)15-25-14-3-4-21(25)26/h2,5-12,23H,1,3-4,13-16H2,(H,24,27). The fourth-order valence-electron chi connectivity index (χ4n) is 3.20. The van der Waals surface area contributed by atoms with Crippen molar-refractivity contribution in [1.29, 1.82) is 0 Å². The topological polar surface area (TPSA) is 95.6 Å². The summed E-state index contributed by atoms with van der Waals surface area (Å²) in [6.07, 6.45) is 2.99. The lowest BCUT2D eigenvalue weighted by Crippen LogP contribution is -2.25. The number of hydrogen-bond donors (Lipinski definition) is 2. The number of carbonyl (C=O) groups excluding carboxylic acids is 2. The minimum Gasteiger partial charge on any atom is -0.338 e. The van der Waals surface area contributed by atoms with E-state index in [0.29, 0.717) is 29.8 Å². The third-order valence-electron chi connectivity index (χ3n) is 4.78. The van der Waals surface area contributed by atoms with Gasteiger partial charge in [0.15, 0.2) is 0 Å². The SMILES string of the molecule is C=CCNS(=O)(=O)Cc1ccc(NC(=O)c2ccc(CN3CCCC3=O)cc2)cc1. The Morgan fingerprint density at radius 3 is 2.33 bits per heavy atom. The van der Waals surface area contributed by atoms with Crippen LogP contribution < -0.4 is 10.0 Å². The highest BCUT2D eigenvalue weighted by Crippen LogP contribution is 2.16. The number of likely N-dealkylation sites (tertiary alicyclic amines) is 1. The number of carbonyl (C=O) groups is 2. The zero-order valence-electron chi connectivity index (χ0n) is 16.6. The molecule has 1 fully saturated rings. The van der Waals surface area contributed by atoms with Crippen LogP contribution in [0.3, 0.4) is 0 Å². The largest absolute Gasteiger partial charge is 0.338 e. The van der Waals surface area contributed by atoms with Gasteiger partial charge >= 0.3 is 0 Å². The van der Waals surface area contributed by atoms with Crippen molar-refractivity contribution >= 4 is 27.5 Å². The van der Waals surface area contributed by atoms with Crippen LogP contribution in [0.5, 0.6) is 0 Å². The fraction of sp³-hybridized carbons (Fsp3) is 0.273. The van der Waals surface area contributed by atoms with Crippen LogP contribution in [0.25, 0.3) is 0 Å². The highest BCUT2D eigenvalue weighted by atomic mass is 32.2. The van der Waals surface area contributed by atoms with Crippen molar-refractivity contribution in [1.82, 2.24) is 9.62 Å². The van der Waals surface area contributed by atoms with Gasteiger partial charge in [-0.15, -0.1) is 6.58 Å². The average molecular weight is 428 g/mol. The van der Waals surface area contributed by atoms with Crippen molar-refractivity contribution in [3.05, 3.63) is 77.9 Å². The molecule has 1 heterocycles. The number of sulfonamides is 1. The van der Waals surface area contributed by atoms with Crippen LogP contribution in [0.15, 0.2) is 61.2 Å². The number of nitrogens with one attached hydrogen (secondary N) is 2. The Morgan fingerprint density at radius 2 is 1.73 bits per heavy atom. The molecule has 2 aromatic carbocycles. The first-order valence-electron chi connectivity index (χ1n) is 9.71. The van der Waals surface area contributed by atoms with E-state index < -0.39 is 10.0 Å². The van der Waals surface area contributed by atoms with E-state index in [2.05, 4.69) is 16.6 Å². The van der Waals surface area contributed by atoms with Gasteiger partial charge in [0.05, 0.1) is 5.75 Å². The molecule has 0 bridgehead atoms. The molecule has 1 aliphatic heterocycles. The Morgan fingerprint density at radius 1 is 1.07 bits per heavy atom. The Hall–Kier alpha value is -2.97. The molecule has 2 aromatic rings. The first-order chi connectivity index (χ1) is 14.4. The second-order valence-electron chi connectivity index (χ2n) is 7.16. The molecule has 1 aliphatic rings. The monoisotopic (exact) mass is 427 g/mol. The van der Waals surface area contributed by atoms with Crippen LogP contribution in [-0.4, -0.2) is 38.2 Å². The van der Waals surface area contributed by atoms with Gasteiger partial charge in [0.1, 0.15) is 0 Å². The maximum Gasteiger partial charge on any atom is 0.255 e. The highest BCUT2D eigenvalue weighted by molar-refractivity contribution is 7.88. The van der Waals surface area contributed by atoms with Crippen molar-refractivity contribution in [3.63, 3.8) is 0 Å². The van der Waals surface area contributed by atoms with Crippen molar-refractivity contribution in [2.45, 2.75) is 25.1 Å². The second kappa shape index (κ2) is 9.69. The van der Waals surface area contributed by atoms with E-state index in [-0.39, 0.29) is 24.1 Å². The van der Waals surface area contributed by atoms with Gasteiger partial charge in [-0.25, -0.2) is 13.1 Å². The first-order valence-corrected chi connectivity index (χ1v) is 11.4. The normalized spacial score (nSPS) is 14.0. The molecule has 0 spiro atoms. The van der Waals surface area contributed by atoms with E-state index in [1.807, 2.05) is 17.0 Å². The Bertz CT molecular complexity index is 1020. The molecular formula is C22H25N3O4S. The van der Waals surface area contributed by atoms with Gasteiger partial charge in [-0.05, 0) is 41.8 Å². The molecule has 30 heavy (non-hydrogen) atoms. The van der Waals surface area contributed by atoms with Crippen LogP contribution in [0.2, 0.25) is 0 Å². The molecule has 3 rings (SSSR count). The quantitative estimate of drug-likeness (QED) is 0.602. The molecule has 1 saturated heterocycles. The highest BCUT2D eigenvalue weighted by Gasteiger charge is 2.20. The zero-order chi connectivity index (χ0) is 21.6. The number of hydrogen-bond acceptors (Lipinski definition) is 4. The van der Waals surface area contributed by atoms with Crippen molar-refractivity contribution in [2.24, 2.45) is 0 Å². The molecule has 158 valence electrons. The van der Waals surface area contributed by atoms with Gasteiger partial charge in [0.2, 0.25) is 15.9 Å². The van der Waals surface area contributed by atoms with E-state index in [1.165, 1.54) is 6.08 Å². The van der Waals surface area contributed by atoms with Crippen molar-refractivity contribution in [3.8, 4) is 0 Å². The van der Waals surface area contributed by atoms with Gasteiger partial charge in [-0.1, -0.05) is 30.3 Å². The predicted molar refractivity (Wildman–Crippen MR) is 116 cm³/mol. The zero-order valence-corrected chi connectivity index (χ0v) is 17.5. The van der Waals surface area contributed by atoms with Gasteiger partial charge in [0, 0.05) is 37.3 Å². The number of nitrogens with zero attached hydrogens (tertiary/aromatic N) is 1. The summed E-state index contributed by atoms with van der Waals surface area (Å²) in [6.45, 7) is 5.01. The Kier molecular flexibility index (Phi) is 7.02. The average Bonchev–Trinajstić information content (AvgIpc) is 3.13. The predicted octanol–water partition coefficient (Wildman–Crippen LogP) is 2.67. The van der Waals surface area contributed by atoms with E-state index in [9.17, 15) is 18.0 Å². The fourth-order valence-corrected chi connectivity index (χ4v) is 4.30. The third-order valence-corrected chi connectivity index (χ3v) is 6.10. The summed E-state index contributed by atoms with van der Waals surface area (Å²) in [4.78, 5) is 26.0. The van der Waals surface area contributed by atoms with Gasteiger partial charge in [-0.3, -0.25) is 9.59 Å². The number of anilines is 1. The van der Waals surface area contributed by atoms with Gasteiger partial charge in [-0.2, -0.15) is 0 Å². The molecule has 7 nitrogen and oxygen atoms in total. The van der Waals surface area contributed by atoms with E-state index >= 15 is 0 Å². The minimum atomic E-state index is -3.43. The summed E-state index contributed by atoms with van der Waals surface area (Å²) in [5.74, 6) is -0.230. The first kappa shape index (κ1) is 21.7. The van der Waals surface area contributed by atoms with Crippen LogP contribution in [0, 0.1) is 0 Å². The lowest BCUT2D eigenvalue weighted by Gasteiger charge is -2.15. The summed E-state index contributed by atoms with van der Waals surface area (Å²) in [7, 11) is -3.43. The molecule has 0 atom stereocenters. The van der Waals surface area contributed by atoms with E-state index in [4.69, 9.17) is 0 Å². The maximum atomic E-state index is 12.5. The summed E-state index contributed by atoms with van der Waals surface area (Å²) >= 11 is 0. The van der Waals surface area contributed by atoms with Gasteiger partial charge < -0.3 is 10.2 Å².